The standard InChI is InChI=1S/C19H18ClN5O/c1-11(2)10-24-9-8-15-16(18(24)26)17(13-6-4-5-7-14(13)20)25-19(22-15)21-12(3)23-25/h4-9,11H,10H2,1-3H3. The molecule has 0 N–H and O–H groups in total. The molecule has 3 heterocycles. The van der Waals surface area contributed by atoms with Gasteiger partial charge in [0.1, 0.15) is 5.82 Å². The average molecular weight is 368 g/mol. The molecule has 0 amide bonds. The number of nitrogens with zero attached hydrogens (tertiary/aromatic N) is 5. The molecule has 0 aliphatic heterocycles. The Balaban J connectivity index is 2.19. The summed E-state index contributed by atoms with van der Waals surface area (Å²) in [6.07, 6.45) is 1.79. The van der Waals surface area contributed by atoms with Gasteiger partial charge >= 0.3 is 0 Å². The lowest BCUT2D eigenvalue weighted by Crippen LogP contribution is -2.23. The first-order valence-electron chi connectivity index (χ1n) is 8.47. The highest BCUT2D eigenvalue weighted by atomic mass is 35.5. The van der Waals surface area contributed by atoms with Crippen molar-refractivity contribution in [3.63, 3.8) is 0 Å². The van der Waals surface area contributed by atoms with Gasteiger partial charge in [-0.05, 0) is 25.0 Å². The van der Waals surface area contributed by atoms with Gasteiger partial charge in [-0.25, -0.2) is 4.98 Å². The summed E-state index contributed by atoms with van der Waals surface area (Å²) in [5.41, 5.74) is 1.84. The zero-order chi connectivity index (χ0) is 18.4. The molecule has 4 aromatic rings. The van der Waals surface area contributed by atoms with Gasteiger partial charge in [0.15, 0.2) is 0 Å². The number of hydrogen-bond donors (Lipinski definition) is 0. The maximum Gasteiger partial charge on any atom is 0.262 e. The Kier molecular flexibility index (Phi) is 4.00. The molecule has 0 aliphatic carbocycles. The lowest BCUT2D eigenvalue weighted by atomic mass is 10.1. The van der Waals surface area contributed by atoms with Crippen LogP contribution in [0.2, 0.25) is 5.02 Å². The minimum absolute atomic E-state index is 0.103. The van der Waals surface area contributed by atoms with Gasteiger partial charge in [0.25, 0.3) is 11.3 Å². The van der Waals surface area contributed by atoms with Crippen LogP contribution >= 0.6 is 11.6 Å². The normalized spacial score (nSPS) is 11.7. The first-order chi connectivity index (χ1) is 12.5. The van der Waals surface area contributed by atoms with Crippen molar-refractivity contribution in [2.45, 2.75) is 27.3 Å². The first-order valence-corrected chi connectivity index (χ1v) is 8.85. The van der Waals surface area contributed by atoms with Gasteiger partial charge in [0, 0.05) is 23.3 Å². The van der Waals surface area contributed by atoms with Crippen molar-refractivity contribution >= 4 is 28.3 Å². The van der Waals surface area contributed by atoms with E-state index in [0.29, 0.717) is 45.7 Å². The van der Waals surface area contributed by atoms with Crippen molar-refractivity contribution in [1.29, 1.82) is 0 Å². The molecule has 7 heteroatoms. The third-order valence-electron chi connectivity index (χ3n) is 4.20. The average Bonchev–Trinajstić information content (AvgIpc) is 2.96. The Morgan fingerprint density at radius 1 is 1.15 bits per heavy atom. The molecular weight excluding hydrogens is 350 g/mol. The van der Waals surface area contributed by atoms with Crippen LogP contribution in [-0.4, -0.2) is 24.1 Å². The van der Waals surface area contributed by atoms with E-state index in [-0.39, 0.29) is 5.56 Å². The van der Waals surface area contributed by atoms with Crippen LogP contribution in [0.15, 0.2) is 41.3 Å². The van der Waals surface area contributed by atoms with E-state index in [0.717, 1.165) is 5.56 Å². The van der Waals surface area contributed by atoms with Crippen LogP contribution in [0.5, 0.6) is 0 Å². The highest BCUT2D eigenvalue weighted by Crippen LogP contribution is 2.31. The van der Waals surface area contributed by atoms with Gasteiger partial charge < -0.3 is 4.57 Å². The highest BCUT2D eigenvalue weighted by Gasteiger charge is 2.19. The summed E-state index contributed by atoms with van der Waals surface area (Å²) in [6.45, 7) is 6.58. The molecule has 0 saturated heterocycles. The Bertz CT molecular complexity index is 1190. The molecule has 0 atom stereocenters. The molecule has 132 valence electrons. The molecule has 6 nitrogen and oxygen atoms in total. The lowest BCUT2D eigenvalue weighted by Gasteiger charge is -2.13. The molecule has 0 aliphatic rings. The van der Waals surface area contributed by atoms with Crippen molar-refractivity contribution in [1.82, 2.24) is 24.1 Å². The van der Waals surface area contributed by atoms with E-state index in [4.69, 9.17) is 11.6 Å². The number of hydrogen-bond acceptors (Lipinski definition) is 4. The lowest BCUT2D eigenvalue weighted by molar-refractivity contribution is 0.513. The Morgan fingerprint density at radius 2 is 1.92 bits per heavy atom. The van der Waals surface area contributed by atoms with Crippen LogP contribution in [0.1, 0.15) is 19.7 Å². The first kappa shape index (κ1) is 16.7. The van der Waals surface area contributed by atoms with Gasteiger partial charge in [0.05, 0.1) is 16.6 Å². The van der Waals surface area contributed by atoms with Crippen LogP contribution in [0, 0.1) is 12.8 Å². The van der Waals surface area contributed by atoms with Gasteiger partial charge in [-0.3, -0.25) is 4.79 Å². The van der Waals surface area contributed by atoms with Crippen LogP contribution in [-0.2, 0) is 6.54 Å². The predicted molar refractivity (Wildman–Crippen MR) is 103 cm³/mol. The predicted octanol–water partition coefficient (Wildman–Crippen LogP) is 3.72. The molecule has 4 rings (SSSR count). The monoisotopic (exact) mass is 367 g/mol. The number of benzene rings is 1. The smallest absolute Gasteiger partial charge is 0.262 e. The number of halogens is 1. The summed E-state index contributed by atoms with van der Waals surface area (Å²) in [5, 5.41) is 5.50. The quantitative estimate of drug-likeness (QED) is 0.553. The minimum atomic E-state index is -0.103. The molecule has 0 radical (unpaired) electrons. The third-order valence-corrected chi connectivity index (χ3v) is 4.53. The molecule has 1 aromatic carbocycles. The van der Waals surface area contributed by atoms with Crippen molar-refractivity contribution in [2.24, 2.45) is 5.92 Å². The van der Waals surface area contributed by atoms with Crippen molar-refractivity contribution in [3.8, 4) is 11.3 Å². The topological polar surface area (TPSA) is 65.1 Å². The number of rotatable bonds is 3. The summed E-state index contributed by atoms with van der Waals surface area (Å²) in [7, 11) is 0. The summed E-state index contributed by atoms with van der Waals surface area (Å²) in [4.78, 5) is 22.1. The molecular formula is C19H18ClN5O. The molecule has 0 bridgehead atoms. The van der Waals surface area contributed by atoms with Gasteiger partial charge in [-0.1, -0.05) is 43.6 Å². The number of aromatic nitrogens is 5. The minimum Gasteiger partial charge on any atom is -0.315 e. The fraction of sp³-hybridized carbons (Fsp3) is 0.263. The molecule has 0 saturated carbocycles. The summed E-state index contributed by atoms with van der Waals surface area (Å²) >= 11 is 6.45. The van der Waals surface area contributed by atoms with Crippen LogP contribution in [0.4, 0.5) is 0 Å². The van der Waals surface area contributed by atoms with Gasteiger partial charge in [0.2, 0.25) is 0 Å². The number of fused-ring (bicyclic) bond motifs is 2. The Labute approximate surface area is 155 Å². The molecule has 0 fully saturated rings. The van der Waals surface area contributed by atoms with Crippen LogP contribution in [0.25, 0.3) is 27.9 Å². The van der Waals surface area contributed by atoms with E-state index >= 15 is 0 Å². The van der Waals surface area contributed by atoms with Crippen molar-refractivity contribution < 1.29 is 0 Å². The SMILES string of the molecule is Cc1nc2nc3ccn(CC(C)C)c(=O)c3c(-c3ccccc3Cl)n2n1. The third kappa shape index (κ3) is 2.66. The molecule has 3 aromatic heterocycles. The largest absolute Gasteiger partial charge is 0.315 e. The molecule has 0 spiro atoms. The summed E-state index contributed by atoms with van der Waals surface area (Å²) < 4.78 is 3.32. The zero-order valence-corrected chi connectivity index (χ0v) is 15.5. The Morgan fingerprint density at radius 3 is 2.65 bits per heavy atom. The molecule has 0 unspecified atom stereocenters. The summed E-state index contributed by atoms with van der Waals surface area (Å²) in [6, 6.07) is 9.28. The maximum absolute atomic E-state index is 13.2. The van der Waals surface area contributed by atoms with Gasteiger partial charge in [-0.2, -0.15) is 9.50 Å². The van der Waals surface area contributed by atoms with E-state index in [1.54, 1.807) is 28.3 Å². The second kappa shape index (κ2) is 6.21. The fourth-order valence-electron chi connectivity index (χ4n) is 3.16. The second-order valence-electron chi connectivity index (χ2n) is 6.74. The molecule has 26 heavy (non-hydrogen) atoms. The maximum atomic E-state index is 13.2. The van der Waals surface area contributed by atoms with E-state index in [1.165, 1.54) is 0 Å². The number of pyridine rings is 1. The van der Waals surface area contributed by atoms with Crippen LogP contribution in [0.3, 0.4) is 0 Å². The fourth-order valence-corrected chi connectivity index (χ4v) is 3.38. The van der Waals surface area contributed by atoms with Crippen molar-refractivity contribution in [3.05, 3.63) is 57.7 Å². The van der Waals surface area contributed by atoms with Gasteiger partial charge in [-0.15, -0.1) is 5.10 Å². The second-order valence-corrected chi connectivity index (χ2v) is 7.15. The Hall–Kier alpha value is -2.73. The number of aryl methyl sites for hydroxylation is 1. The van der Waals surface area contributed by atoms with Crippen molar-refractivity contribution in [2.75, 3.05) is 0 Å². The van der Waals surface area contributed by atoms with E-state index < -0.39 is 0 Å². The van der Waals surface area contributed by atoms with Crippen LogP contribution < -0.4 is 5.56 Å². The van der Waals surface area contributed by atoms with E-state index in [2.05, 4.69) is 28.9 Å². The highest BCUT2D eigenvalue weighted by molar-refractivity contribution is 6.33. The summed E-state index contributed by atoms with van der Waals surface area (Å²) in [5.74, 6) is 1.38. The van der Waals surface area contributed by atoms with E-state index in [1.807, 2.05) is 24.3 Å². The zero-order valence-electron chi connectivity index (χ0n) is 14.8. The van der Waals surface area contributed by atoms with E-state index in [9.17, 15) is 4.79 Å².